The van der Waals surface area contributed by atoms with Crippen molar-refractivity contribution < 1.29 is 0 Å². The summed E-state index contributed by atoms with van der Waals surface area (Å²) in [6.07, 6.45) is 1.77. The molecule has 2 heterocycles. The molecular weight excluding hydrogens is 216 g/mol. The molecule has 2 nitrogen and oxygen atoms in total. The van der Waals surface area contributed by atoms with Crippen LogP contribution in [0, 0.1) is 0 Å². The predicted octanol–water partition coefficient (Wildman–Crippen LogP) is 2.61. The largest absolute Gasteiger partial charge is 0.318 e. The van der Waals surface area contributed by atoms with Crippen LogP contribution in [0.3, 0.4) is 0 Å². The number of hydrogen-bond acceptors (Lipinski definition) is 3. The molecule has 2 aromatic rings. The van der Waals surface area contributed by atoms with E-state index in [0.717, 1.165) is 10.6 Å². The quantitative estimate of drug-likeness (QED) is 0.855. The fourth-order valence-electron chi connectivity index (χ4n) is 1.17. The molecule has 2 rings (SSSR count). The van der Waals surface area contributed by atoms with Crippen LogP contribution >= 0.6 is 23.7 Å². The second-order valence-corrected chi connectivity index (χ2v) is 3.73. The van der Waals surface area contributed by atoms with Gasteiger partial charge in [0.1, 0.15) is 0 Å². The van der Waals surface area contributed by atoms with Gasteiger partial charge in [-0.05, 0) is 23.6 Å². The van der Waals surface area contributed by atoms with E-state index in [1.54, 1.807) is 17.5 Å². The van der Waals surface area contributed by atoms with Gasteiger partial charge in [0.2, 0.25) is 0 Å². The molecule has 0 radical (unpaired) electrons. The lowest BCUT2D eigenvalue weighted by molar-refractivity contribution is 0.847. The lowest BCUT2D eigenvalue weighted by Crippen LogP contribution is -2.11. The smallest absolute Gasteiger partial charge is 0.0820 e. The first-order chi connectivity index (χ1) is 6.38. The van der Waals surface area contributed by atoms with Gasteiger partial charge in [-0.1, -0.05) is 12.1 Å². The molecule has 2 N–H and O–H groups in total. The van der Waals surface area contributed by atoms with Gasteiger partial charge in [-0.25, -0.2) is 0 Å². The van der Waals surface area contributed by atoms with E-state index in [0.29, 0.717) is 0 Å². The maximum atomic E-state index is 6.01. The maximum absolute atomic E-state index is 6.01. The van der Waals surface area contributed by atoms with Gasteiger partial charge < -0.3 is 5.73 Å². The molecule has 0 fully saturated rings. The number of pyridine rings is 1. The minimum absolute atomic E-state index is 0. The third kappa shape index (κ3) is 2.32. The zero-order chi connectivity index (χ0) is 9.10. The third-order valence-corrected chi connectivity index (χ3v) is 2.81. The first kappa shape index (κ1) is 11.2. The van der Waals surface area contributed by atoms with E-state index < -0.39 is 0 Å². The Kier molecular flexibility index (Phi) is 4.07. The Hall–Kier alpha value is -0.900. The Labute approximate surface area is 93.2 Å². The van der Waals surface area contributed by atoms with Crippen molar-refractivity contribution in [3.8, 4) is 0 Å². The van der Waals surface area contributed by atoms with Crippen LogP contribution in [0.5, 0.6) is 0 Å². The number of aromatic nitrogens is 1. The molecule has 4 heteroatoms. The van der Waals surface area contributed by atoms with Gasteiger partial charge >= 0.3 is 0 Å². The molecule has 0 aromatic carbocycles. The predicted molar refractivity (Wildman–Crippen MR) is 61.8 cm³/mol. The van der Waals surface area contributed by atoms with Crippen LogP contribution in [0.25, 0.3) is 0 Å². The Balaban J connectivity index is 0.000000980. The highest BCUT2D eigenvalue weighted by molar-refractivity contribution is 7.10. The first-order valence-corrected chi connectivity index (χ1v) is 4.96. The number of rotatable bonds is 2. The first-order valence-electron chi connectivity index (χ1n) is 4.08. The molecule has 0 saturated carbocycles. The lowest BCUT2D eigenvalue weighted by atomic mass is 10.2. The second kappa shape index (κ2) is 5.10. The highest BCUT2D eigenvalue weighted by Gasteiger charge is 2.09. The van der Waals surface area contributed by atoms with Crippen molar-refractivity contribution in [1.82, 2.24) is 4.98 Å². The molecule has 0 aliphatic rings. The summed E-state index contributed by atoms with van der Waals surface area (Å²) >= 11 is 1.66. The summed E-state index contributed by atoms with van der Waals surface area (Å²) in [5.74, 6) is 0. The average molecular weight is 227 g/mol. The number of halogens is 1. The lowest BCUT2D eigenvalue weighted by Gasteiger charge is -2.07. The van der Waals surface area contributed by atoms with Gasteiger partial charge in [0.05, 0.1) is 11.7 Å². The van der Waals surface area contributed by atoms with Gasteiger partial charge in [0.15, 0.2) is 0 Å². The molecule has 14 heavy (non-hydrogen) atoms. The number of hydrogen-bond donors (Lipinski definition) is 1. The van der Waals surface area contributed by atoms with Crippen molar-refractivity contribution in [2.24, 2.45) is 5.73 Å². The topological polar surface area (TPSA) is 38.9 Å². The maximum Gasteiger partial charge on any atom is 0.0820 e. The fraction of sp³-hybridized carbons (Fsp3) is 0.100. The third-order valence-electron chi connectivity index (χ3n) is 1.86. The standard InChI is InChI=1S/C10H10N2S.ClH/c11-10(9-5-3-7-13-9)8-4-1-2-6-12-8;/h1-7,10H,11H2;1H/t10-;/m0./s1. The number of thiophene rings is 1. The number of nitrogens with zero attached hydrogens (tertiary/aromatic N) is 1. The monoisotopic (exact) mass is 226 g/mol. The van der Waals surface area contributed by atoms with Crippen LogP contribution in [-0.2, 0) is 0 Å². The summed E-state index contributed by atoms with van der Waals surface area (Å²) in [6.45, 7) is 0. The Bertz CT molecular complexity index is 361. The second-order valence-electron chi connectivity index (χ2n) is 2.75. The van der Waals surface area contributed by atoms with Crippen LogP contribution in [0.4, 0.5) is 0 Å². The van der Waals surface area contributed by atoms with Gasteiger partial charge in [-0.2, -0.15) is 0 Å². The molecule has 0 spiro atoms. The van der Waals surface area contributed by atoms with Gasteiger partial charge in [0, 0.05) is 11.1 Å². The van der Waals surface area contributed by atoms with E-state index in [9.17, 15) is 0 Å². The van der Waals surface area contributed by atoms with Crippen LogP contribution < -0.4 is 5.73 Å². The summed E-state index contributed by atoms with van der Waals surface area (Å²) in [5, 5.41) is 2.03. The van der Waals surface area contributed by atoms with E-state index >= 15 is 0 Å². The van der Waals surface area contributed by atoms with E-state index in [-0.39, 0.29) is 18.4 Å². The molecule has 0 bridgehead atoms. The minimum atomic E-state index is -0.0822. The van der Waals surface area contributed by atoms with Crippen molar-refractivity contribution in [3.05, 3.63) is 52.5 Å². The highest BCUT2D eigenvalue weighted by Crippen LogP contribution is 2.21. The molecule has 0 aliphatic heterocycles. The van der Waals surface area contributed by atoms with Gasteiger partial charge in [-0.3, -0.25) is 4.98 Å². The van der Waals surface area contributed by atoms with Crippen molar-refractivity contribution in [1.29, 1.82) is 0 Å². The summed E-state index contributed by atoms with van der Waals surface area (Å²) in [7, 11) is 0. The molecule has 74 valence electrons. The van der Waals surface area contributed by atoms with Gasteiger partial charge in [-0.15, -0.1) is 23.7 Å². The summed E-state index contributed by atoms with van der Waals surface area (Å²) in [5.41, 5.74) is 6.93. The van der Waals surface area contributed by atoms with E-state index in [1.165, 1.54) is 0 Å². The fourth-order valence-corrected chi connectivity index (χ4v) is 1.91. The average Bonchev–Trinajstić information content (AvgIpc) is 2.71. The van der Waals surface area contributed by atoms with Crippen LogP contribution in [-0.4, -0.2) is 4.98 Å². The van der Waals surface area contributed by atoms with Crippen molar-refractivity contribution in [2.45, 2.75) is 6.04 Å². The molecule has 0 amide bonds. The van der Waals surface area contributed by atoms with E-state index in [4.69, 9.17) is 5.73 Å². The Morgan fingerprint density at radius 2 is 2.07 bits per heavy atom. The highest BCUT2D eigenvalue weighted by atomic mass is 35.5. The van der Waals surface area contributed by atoms with Crippen LogP contribution in [0.1, 0.15) is 16.6 Å². The molecule has 0 aliphatic carbocycles. The van der Waals surface area contributed by atoms with Crippen molar-refractivity contribution >= 4 is 23.7 Å². The van der Waals surface area contributed by atoms with Crippen molar-refractivity contribution in [3.63, 3.8) is 0 Å². The summed E-state index contributed by atoms with van der Waals surface area (Å²) < 4.78 is 0. The summed E-state index contributed by atoms with van der Waals surface area (Å²) in [4.78, 5) is 5.37. The van der Waals surface area contributed by atoms with Crippen molar-refractivity contribution in [2.75, 3.05) is 0 Å². The van der Waals surface area contributed by atoms with E-state index in [1.807, 2.05) is 35.7 Å². The normalized spacial score (nSPS) is 11.8. The van der Waals surface area contributed by atoms with Crippen LogP contribution in [0.15, 0.2) is 41.9 Å². The zero-order valence-corrected chi connectivity index (χ0v) is 9.09. The molecule has 2 aromatic heterocycles. The van der Waals surface area contributed by atoms with Gasteiger partial charge in [0.25, 0.3) is 0 Å². The molecule has 0 unspecified atom stereocenters. The SMILES string of the molecule is Cl.N[C@@H](c1ccccn1)c1cccs1. The zero-order valence-electron chi connectivity index (χ0n) is 7.46. The Morgan fingerprint density at radius 1 is 1.21 bits per heavy atom. The van der Waals surface area contributed by atoms with Crippen LogP contribution in [0.2, 0.25) is 0 Å². The number of nitrogens with two attached hydrogens (primary N) is 1. The summed E-state index contributed by atoms with van der Waals surface area (Å²) in [6, 6.07) is 9.75. The Morgan fingerprint density at radius 3 is 2.64 bits per heavy atom. The molecule has 0 saturated heterocycles. The molecular formula is C10H11ClN2S. The molecule has 1 atom stereocenters. The van der Waals surface area contributed by atoms with E-state index in [2.05, 4.69) is 4.98 Å². The minimum Gasteiger partial charge on any atom is -0.318 e.